The lowest BCUT2D eigenvalue weighted by atomic mass is 9.75. The van der Waals surface area contributed by atoms with E-state index in [9.17, 15) is 29.4 Å². The van der Waals surface area contributed by atoms with E-state index >= 15 is 0 Å². The van der Waals surface area contributed by atoms with Crippen molar-refractivity contribution in [2.45, 2.75) is 126 Å². The average molecular weight is 850 g/mol. The highest BCUT2D eigenvalue weighted by Crippen LogP contribution is 2.42. The standard InChI is InChI=1S/C40H55N3O13S2/c1-10-43(25(4)45)27-22-53-31(19-30(27)50-7)56-36-35(47)33(42-52-9)24(3)54-37(36)55-29-15-13-11-12-14-17-40(49)21-28(46)34(41-38(48)51-8)32(29)26(40)16-18-57-58-39(5,6)20-23(2)44/h11-12,16,24,27,29-31,33,35-37,42,47,49H,10,18-22H2,1-9H3,(H,41,48)/b12-11-,26-16+. The number of aliphatic hydroxyl groups is 2. The summed E-state index contributed by atoms with van der Waals surface area (Å²) < 4.78 is 35.8. The second-order valence-corrected chi connectivity index (χ2v) is 17.7. The molecule has 4 N–H and O–H groups in total. The molecule has 2 saturated heterocycles. The summed E-state index contributed by atoms with van der Waals surface area (Å²) in [4.78, 5) is 57.8. The van der Waals surface area contributed by atoms with Crippen LogP contribution in [-0.4, -0.2) is 144 Å². The van der Waals surface area contributed by atoms with E-state index < -0.39 is 77.8 Å². The van der Waals surface area contributed by atoms with E-state index in [-0.39, 0.29) is 53.4 Å². The molecule has 4 rings (SSSR count). The Kier molecular flexibility index (Phi) is 17.4. The highest BCUT2D eigenvalue weighted by Gasteiger charge is 2.51. The molecule has 0 aromatic carbocycles. The highest BCUT2D eigenvalue weighted by molar-refractivity contribution is 8.77. The Hall–Kier alpha value is -3.24. The van der Waals surface area contributed by atoms with Gasteiger partial charge in [-0.3, -0.25) is 19.7 Å². The van der Waals surface area contributed by atoms with Crippen molar-refractivity contribution in [2.24, 2.45) is 0 Å². The summed E-state index contributed by atoms with van der Waals surface area (Å²) in [6.45, 7) is 11.0. The molecule has 2 aliphatic heterocycles. The van der Waals surface area contributed by atoms with Crippen molar-refractivity contribution >= 4 is 45.2 Å². The topological polar surface area (TPSA) is 201 Å². The number of Topliss-reactive ketones (excluding diaryl/α,β-unsaturated/α-hetero) is 2. The molecule has 2 aliphatic carbocycles. The number of hydrogen-bond donors (Lipinski definition) is 4. The van der Waals surface area contributed by atoms with Crippen LogP contribution in [-0.2, 0) is 47.6 Å². The van der Waals surface area contributed by atoms with E-state index in [2.05, 4.69) is 34.5 Å². The number of rotatable bonds is 16. The number of alkyl carbamates (subject to hydrolysis) is 1. The third-order valence-electron chi connectivity index (χ3n) is 9.85. The Morgan fingerprint density at radius 2 is 1.88 bits per heavy atom. The number of hydroxylamine groups is 1. The lowest BCUT2D eigenvalue weighted by molar-refractivity contribution is -0.331. The maximum atomic E-state index is 13.9. The minimum atomic E-state index is -2.05. The molecule has 2 fully saturated rings. The maximum Gasteiger partial charge on any atom is 0.411 e. The molecule has 4 aliphatic rings. The molecule has 320 valence electrons. The number of nitrogens with one attached hydrogen (secondary N) is 2. The minimum Gasteiger partial charge on any atom is -0.453 e. The Bertz CT molecular complexity index is 1750. The zero-order valence-corrected chi connectivity index (χ0v) is 36.0. The van der Waals surface area contributed by atoms with Crippen LogP contribution in [0.25, 0.3) is 0 Å². The van der Waals surface area contributed by atoms with E-state index in [4.69, 9.17) is 33.3 Å². The number of aliphatic hydroxyl groups excluding tert-OH is 1. The summed E-state index contributed by atoms with van der Waals surface area (Å²) in [6, 6.07) is -1.21. The smallest absolute Gasteiger partial charge is 0.411 e. The maximum absolute atomic E-state index is 13.9. The molecule has 58 heavy (non-hydrogen) atoms. The van der Waals surface area contributed by atoms with Crippen LogP contribution in [0.5, 0.6) is 0 Å². The van der Waals surface area contributed by atoms with Crippen LogP contribution >= 0.6 is 21.6 Å². The lowest BCUT2D eigenvalue weighted by Gasteiger charge is -2.47. The summed E-state index contributed by atoms with van der Waals surface area (Å²) in [5.74, 6) is 10.9. The number of allylic oxidation sites excluding steroid dienone is 3. The van der Waals surface area contributed by atoms with E-state index in [0.717, 1.165) is 7.11 Å². The first-order valence-corrected chi connectivity index (χ1v) is 21.2. The number of nitrogens with zero attached hydrogens (tertiary/aromatic N) is 1. The summed E-state index contributed by atoms with van der Waals surface area (Å²) >= 11 is 0. The molecule has 18 heteroatoms. The van der Waals surface area contributed by atoms with Crippen LogP contribution in [0.4, 0.5) is 4.79 Å². The van der Waals surface area contributed by atoms with Crippen LogP contribution in [0.2, 0.25) is 0 Å². The molecule has 0 aromatic rings. The van der Waals surface area contributed by atoms with Gasteiger partial charge in [0.25, 0.3) is 0 Å². The van der Waals surface area contributed by atoms with Gasteiger partial charge in [0.2, 0.25) is 5.91 Å². The predicted octanol–water partition coefficient (Wildman–Crippen LogP) is 2.34. The molecule has 16 nitrogen and oxygen atoms in total. The van der Waals surface area contributed by atoms with E-state index in [1.807, 2.05) is 20.8 Å². The van der Waals surface area contributed by atoms with Gasteiger partial charge in [0.05, 0.1) is 57.2 Å². The SMILES string of the molecule is CCN(C(C)=O)C1COC(OC2C(OC3C#C/C=C\C#CC4(O)CC(=O)C(NC(=O)OC)=C3/C4=C\CSSC(C)(C)CC(C)=O)OC(C)C(NOC)C2O)CC1OC. The third-order valence-corrected chi connectivity index (χ3v) is 13.0. The zero-order chi connectivity index (χ0) is 42.8. The Labute approximate surface area is 347 Å². The molecule has 0 saturated carbocycles. The number of ether oxygens (including phenoxy) is 6. The number of amides is 2. The van der Waals surface area contributed by atoms with Crippen molar-refractivity contribution in [3.63, 3.8) is 0 Å². The summed E-state index contributed by atoms with van der Waals surface area (Å²) in [5.41, 5.74) is 0.618. The number of ketones is 2. The van der Waals surface area contributed by atoms with Crippen molar-refractivity contribution in [3.05, 3.63) is 35.1 Å². The first-order valence-electron chi connectivity index (χ1n) is 18.9. The number of fused-ring (bicyclic) bond motifs is 2. The first kappa shape index (κ1) is 47.4. The number of hydrogen-bond acceptors (Lipinski definition) is 16. The lowest BCUT2D eigenvalue weighted by Crippen LogP contribution is -2.64. The zero-order valence-electron chi connectivity index (χ0n) is 34.3. The van der Waals surface area contributed by atoms with Crippen LogP contribution in [0.3, 0.4) is 0 Å². The Morgan fingerprint density at radius 3 is 2.52 bits per heavy atom. The van der Waals surface area contributed by atoms with Gasteiger partial charge in [-0.15, -0.1) is 0 Å². The molecular weight excluding hydrogens is 795 g/mol. The molecule has 2 heterocycles. The number of likely N-dealkylation sites (N-methyl/N-ethyl adjacent to an activating group) is 1. The van der Waals surface area contributed by atoms with Gasteiger partial charge in [0.1, 0.15) is 24.1 Å². The van der Waals surface area contributed by atoms with Crippen molar-refractivity contribution in [1.82, 2.24) is 15.7 Å². The molecule has 0 aromatic heterocycles. The van der Waals surface area contributed by atoms with Gasteiger partial charge in [-0.2, -0.15) is 5.48 Å². The molecule has 0 radical (unpaired) electrons. The van der Waals surface area contributed by atoms with E-state index in [1.165, 1.54) is 61.8 Å². The van der Waals surface area contributed by atoms with Crippen LogP contribution in [0.1, 0.15) is 60.8 Å². The number of methoxy groups -OCH3 is 2. The molecule has 2 amide bonds. The largest absolute Gasteiger partial charge is 0.453 e. The third kappa shape index (κ3) is 11.9. The second kappa shape index (κ2) is 21.3. The monoisotopic (exact) mass is 849 g/mol. The van der Waals surface area contributed by atoms with Crippen molar-refractivity contribution in [2.75, 3.05) is 40.2 Å². The fourth-order valence-corrected chi connectivity index (χ4v) is 9.72. The second-order valence-electron chi connectivity index (χ2n) is 14.7. The molecular formula is C40H55N3O13S2. The fraction of sp³-hybridized carbons (Fsp3) is 0.650. The van der Waals surface area contributed by atoms with Gasteiger partial charge < -0.3 is 48.4 Å². The van der Waals surface area contributed by atoms with Crippen LogP contribution < -0.4 is 10.8 Å². The van der Waals surface area contributed by atoms with E-state index in [0.29, 0.717) is 13.0 Å². The van der Waals surface area contributed by atoms with Gasteiger partial charge in [-0.05, 0) is 46.8 Å². The van der Waals surface area contributed by atoms with Crippen molar-refractivity contribution in [3.8, 4) is 23.7 Å². The predicted molar refractivity (Wildman–Crippen MR) is 215 cm³/mol. The van der Waals surface area contributed by atoms with Crippen LogP contribution in [0, 0.1) is 23.7 Å². The number of carbonyl (C=O) groups excluding carboxylic acids is 4. The molecule has 0 spiro atoms. The molecule has 2 bridgehead atoms. The average Bonchev–Trinajstić information content (AvgIpc) is 3.15. The summed E-state index contributed by atoms with van der Waals surface area (Å²) in [5, 5.41) is 26.5. The van der Waals surface area contributed by atoms with Crippen LogP contribution in [0.15, 0.2) is 35.1 Å². The highest BCUT2D eigenvalue weighted by atomic mass is 33.1. The van der Waals surface area contributed by atoms with Gasteiger partial charge in [0, 0.05) is 55.1 Å². The quantitative estimate of drug-likeness (QED) is 0.0763. The summed E-state index contributed by atoms with van der Waals surface area (Å²) in [6.07, 6.45) is -4.02. The first-order chi connectivity index (χ1) is 27.5. The normalized spacial score (nSPS) is 32.3. The minimum absolute atomic E-state index is 0.00317. The van der Waals surface area contributed by atoms with Crippen molar-refractivity contribution < 1.29 is 62.6 Å². The Balaban J connectivity index is 1.78. The van der Waals surface area contributed by atoms with E-state index in [1.54, 1.807) is 17.9 Å². The van der Waals surface area contributed by atoms with Crippen molar-refractivity contribution in [1.29, 1.82) is 0 Å². The fourth-order valence-electron chi connectivity index (χ4n) is 7.30. The van der Waals surface area contributed by atoms with Gasteiger partial charge in [0.15, 0.2) is 24.0 Å². The molecule has 10 atom stereocenters. The van der Waals surface area contributed by atoms with Gasteiger partial charge in [-0.25, -0.2) is 4.79 Å². The Morgan fingerprint density at radius 1 is 1.16 bits per heavy atom. The molecule has 10 unspecified atom stereocenters. The van der Waals surface area contributed by atoms with Gasteiger partial charge >= 0.3 is 6.09 Å². The number of carbonyl (C=O) groups is 4. The van der Waals surface area contributed by atoms with Gasteiger partial charge in [-0.1, -0.05) is 51.3 Å². The summed E-state index contributed by atoms with van der Waals surface area (Å²) in [7, 11) is 6.97.